The van der Waals surface area contributed by atoms with E-state index < -0.39 is 0 Å². The molecule has 0 radical (unpaired) electrons. The first-order chi connectivity index (χ1) is 8.69. The normalized spacial score (nSPS) is 25.9. The van der Waals surface area contributed by atoms with Gasteiger partial charge in [0.1, 0.15) is 0 Å². The van der Waals surface area contributed by atoms with Crippen molar-refractivity contribution in [2.75, 3.05) is 7.05 Å². The smallest absolute Gasteiger partial charge is 0.0133 e. The van der Waals surface area contributed by atoms with E-state index >= 15 is 0 Å². The van der Waals surface area contributed by atoms with Crippen LogP contribution in [0.5, 0.6) is 0 Å². The van der Waals surface area contributed by atoms with E-state index in [4.69, 9.17) is 0 Å². The average molecular weight is 357 g/mol. The first-order valence-electron chi connectivity index (χ1n) is 7.10. The second-order valence-electron chi connectivity index (χ2n) is 5.75. The number of halogens is 1. The second kappa shape index (κ2) is 6.90. The van der Waals surface area contributed by atoms with E-state index in [-0.39, 0.29) is 0 Å². The molecule has 0 heterocycles. The second-order valence-corrected chi connectivity index (χ2v) is 6.99. The Morgan fingerprint density at radius 2 is 1.78 bits per heavy atom. The molecular weight excluding hydrogens is 333 g/mol. The highest BCUT2D eigenvalue weighted by molar-refractivity contribution is 14.1. The van der Waals surface area contributed by atoms with Gasteiger partial charge in [0.15, 0.2) is 0 Å². The van der Waals surface area contributed by atoms with E-state index in [0.29, 0.717) is 6.04 Å². The molecule has 0 aliphatic heterocycles. The molecule has 100 valence electrons. The maximum atomic E-state index is 3.55. The molecule has 1 fully saturated rings. The Morgan fingerprint density at radius 1 is 1.17 bits per heavy atom. The van der Waals surface area contributed by atoms with E-state index in [1.165, 1.54) is 41.2 Å². The molecule has 0 amide bonds. The van der Waals surface area contributed by atoms with Crippen LogP contribution in [0.4, 0.5) is 0 Å². The average Bonchev–Trinajstić information content (AvgIpc) is 2.39. The molecule has 1 unspecified atom stereocenters. The molecule has 1 aromatic carbocycles. The zero-order valence-corrected chi connectivity index (χ0v) is 13.6. The minimum Gasteiger partial charge on any atom is -0.316 e. The Hall–Kier alpha value is -0.0900. The van der Waals surface area contributed by atoms with Gasteiger partial charge in [-0.05, 0) is 78.4 Å². The van der Waals surface area contributed by atoms with Crippen LogP contribution in [0.3, 0.4) is 0 Å². The van der Waals surface area contributed by atoms with Gasteiger partial charge in [-0.25, -0.2) is 0 Å². The highest BCUT2D eigenvalue weighted by atomic mass is 127. The van der Waals surface area contributed by atoms with E-state index in [9.17, 15) is 0 Å². The minimum atomic E-state index is 0.651. The summed E-state index contributed by atoms with van der Waals surface area (Å²) in [6.07, 6.45) is 6.80. The Balaban J connectivity index is 1.94. The summed E-state index contributed by atoms with van der Waals surface area (Å²) in [6, 6.07) is 9.63. The van der Waals surface area contributed by atoms with Crippen molar-refractivity contribution in [3.05, 3.63) is 33.4 Å². The molecule has 1 N–H and O–H groups in total. The van der Waals surface area contributed by atoms with Crippen molar-refractivity contribution in [1.29, 1.82) is 0 Å². The largest absolute Gasteiger partial charge is 0.316 e. The maximum Gasteiger partial charge on any atom is 0.0133 e. The van der Waals surface area contributed by atoms with Gasteiger partial charge in [0.25, 0.3) is 0 Å². The number of nitrogens with one attached hydrogen (secondary N) is 1. The molecule has 0 spiro atoms. The lowest BCUT2D eigenvalue weighted by molar-refractivity contribution is 0.235. The van der Waals surface area contributed by atoms with Crippen molar-refractivity contribution >= 4 is 22.6 Å². The highest BCUT2D eigenvalue weighted by Crippen LogP contribution is 2.31. The van der Waals surface area contributed by atoms with Crippen LogP contribution in [0, 0.1) is 15.4 Å². The molecular formula is C16H24IN. The standard InChI is InChI=1S/C16H24IN/c1-12-3-7-14(8-4-12)16(18-2)11-13-5-9-15(17)10-6-13/h5-6,9-10,12,14,16,18H,3-4,7-8,11H2,1-2H3. The van der Waals surface area contributed by atoms with E-state index in [1.54, 1.807) is 0 Å². The summed E-state index contributed by atoms with van der Waals surface area (Å²) in [6.45, 7) is 2.39. The van der Waals surface area contributed by atoms with Gasteiger partial charge >= 0.3 is 0 Å². The van der Waals surface area contributed by atoms with Crippen molar-refractivity contribution in [2.24, 2.45) is 11.8 Å². The topological polar surface area (TPSA) is 12.0 Å². The fourth-order valence-electron chi connectivity index (χ4n) is 3.07. The lowest BCUT2D eigenvalue weighted by atomic mass is 9.78. The monoisotopic (exact) mass is 357 g/mol. The van der Waals surface area contributed by atoms with Crippen molar-refractivity contribution in [1.82, 2.24) is 5.32 Å². The van der Waals surface area contributed by atoms with E-state index in [0.717, 1.165) is 11.8 Å². The molecule has 2 heteroatoms. The summed E-state index contributed by atoms with van der Waals surface area (Å²) in [7, 11) is 2.12. The summed E-state index contributed by atoms with van der Waals surface area (Å²) in [5.41, 5.74) is 1.47. The maximum absolute atomic E-state index is 3.55. The molecule has 1 nitrogen and oxygen atoms in total. The van der Waals surface area contributed by atoms with Crippen LogP contribution < -0.4 is 5.32 Å². The molecule has 2 rings (SSSR count). The Kier molecular flexibility index (Phi) is 5.49. The Bertz CT molecular complexity index is 352. The number of hydrogen-bond acceptors (Lipinski definition) is 1. The summed E-state index contributed by atoms with van der Waals surface area (Å²) >= 11 is 2.37. The number of hydrogen-bond donors (Lipinski definition) is 1. The summed E-state index contributed by atoms with van der Waals surface area (Å²) < 4.78 is 1.32. The highest BCUT2D eigenvalue weighted by Gasteiger charge is 2.25. The third-order valence-corrected chi connectivity index (χ3v) is 5.09. The number of likely N-dealkylation sites (N-methyl/N-ethyl adjacent to an activating group) is 1. The molecule has 0 bridgehead atoms. The fourth-order valence-corrected chi connectivity index (χ4v) is 3.43. The van der Waals surface area contributed by atoms with Crippen LogP contribution in [0.2, 0.25) is 0 Å². The first-order valence-corrected chi connectivity index (χ1v) is 8.18. The van der Waals surface area contributed by atoms with Crippen LogP contribution in [-0.4, -0.2) is 13.1 Å². The third kappa shape index (κ3) is 3.95. The van der Waals surface area contributed by atoms with Gasteiger partial charge in [0.05, 0.1) is 0 Å². The van der Waals surface area contributed by atoms with Gasteiger partial charge in [-0.15, -0.1) is 0 Å². The van der Waals surface area contributed by atoms with E-state index in [1.807, 2.05) is 0 Å². The third-order valence-electron chi connectivity index (χ3n) is 4.37. The Morgan fingerprint density at radius 3 is 2.33 bits per heavy atom. The molecule has 0 saturated heterocycles. The zero-order chi connectivity index (χ0) is 13.0. The van der Waals surface area contributed by atoms with Gasteiger partial charge < -0.3 is 5.32 Å². The first kappa shape index (κ1) is 14.3. The molecule has 1 aliphatic rings. The molecule has 1 atom stereocenters. The van der Waals surface area contributed by atoms with Gasteiger partial charge in [-0.1, -0.05) is 31.9 Å². The van der Waals surface area contributed by atoms with Crippen molar-refractivity contribution in [3.63, 3.8) is 0 Å². The quantitative estimate of drug-likeness (QED) is 0.795. The van der Waals surface area contributed by atoms with Crippen LogP contribution >= 0.6 is 22.6 Å². The van der Waals surface area contributed by atoms with Crippen LogP contribution in [0.15, 0.2) is 24.3 Å². The van der Waals surface area contributed by atoms with Crippen LogP contribution in [0.25, 0.3) is 0 Å². The summed E-state index contributed by atoms with van der Waals surface area (Å²) in [5.74, 6) is 1.81. The van der Waals surface area contributed by atoms with Gasteiger partial charge in [-0.3, -0.25) is 0 Å². The lowest BCUT2D eigenvalue weighted by Crippen LogP contribution is -2.37. The van der Waals surface area contributed by atoms with Crippen molar-refractivity contribution < 1.29 is 0 Å². The summed E-state index contributed by atoms with van der Waals surface area (Å²) in [5, 5.41) is 3.55. The fraction of sp³-hybridized carbons (Fsp3) is 0.625. The molecule has 1 saturated carbocycles. The predicted octanol–water partition coefficient (Wildman–Crippen LogP) is 4.25. The minimum absolute atomic E-state index is 0.651. The zero-order valence-electron chi connectivity index (χ0n) is 11.5. The van der Waals surface area contributed by atoms with Gasteiger partial charge in [-0.2, -0.15) is 0 Å². The van der Waals surface area contributed by atoms with Crippen LogP contribution in [-0.2, 0) is 6.42 Å². The predicted molar refractivity (Wildman–Crippen MR) is 86.8 cm³/mol. The molecule has 1 aromatic rings. The SMILES string of the molecule is CNC(Cc1ccc(I)cc1)C1CCC(C)CC1. The number of benzene rings is 1. The number of rotatable bonds is 4. The molecule has 1 aliphatic carbocycles. The van der Waals surface area contributed by atoms with Crippen molar-refractivity contribution in [2.45, 2.75) is 45.1 Å². The summed E-state index contributed by atoms with van der Waals surface area (Å²) in [4.78, 5) is 0. The van der Waals surface area contributed by atoms with Crippen LogP contribution in [0.1, 0.15) is 38.2 Å². The Labute approximate surface area is 125 Å². The van der Waals surface area contributed by atoms with E-state index in [2.05, 4.69) is 66.1 Å². The lowest BCUT2D eigenvalue weighted by Gasteiger charge is -2.32. The molecule has 18 heavy (non-hydrogen) atoms. The van der Waals surface area contributed by atoms with Gasteiger partial charge in [0.2, 0.25) is 0 Å². The molecule has 0 aromatic heterocycles. The van der Waals surface area contributed by atoms with Crippen molar-refractivity contribution in [3.8, 4) is 0 Å². The van der Waals surface area contributed by atoms with Gasteiger partial charge in [0, 0.05) is 9.61 Å².